The Balaban J connectivity index is 1.44. The molecule has 0 saturated heterocycles. The van der Waals surface area contributed by atoms with Gasteiger partial charge in [0.1, 0.15) is 17.1 Å². The van der Waals surface area contributed by atoms with E-state index in [0.29, 0.717) is 58.7 Å². The van der Waals surface area contributed by atoms with Crippen LogP contribution in [0.15, 0.2) is 60.1 Å². The number of aromatic nitrogens is 8. The Morgan fingerprint density at radius 3 is 2.40 bits per heavy atom. The number of nitrogens with zero attached hydrogens (tertiary/aromatic N) is 9. The van der Waals surface area contributed by atoms with Gasteiger partial charge in [0.25, 0.3) is 0 Å². The molecule has 0 unspecified atom stereocenters. The lowest BCUT2D eigenvalue weighted by atomic mass is 9.97. The third kappa shape index (κ3) is 5.11. The normalized spacial score (nSPS) is 14.0. The predicted molar refractivity (Wildman–Crippen MR) is 178 cm³/mol. The van der Waals surface area contributed by atoms with Gasteiger partial charge in [-0.1, -0.05) is 6.08 Å². The van der Waals surface area contributed by atoms with Crippen molar-refractivity contribution in [3.8, 4) is 28.3 Å². The largest absolute Gasteiger partial charge is 0.444 e. The monoisotopic (exact) mass is 637 g/mol. The van der Waals surface area contributed by atoms with E-state index in [-0.39, 0.29) is 11.8 Å². The molecule has 5 heterocycles. The van der Waals surface area contributed by atoms with Crippen molar-refractivity contribution in [1.82, 2.24) is 42.9 Å². The van der Waals surface area contributed by atoms with E-state index >= 15 is 4.39 Å². The van der Waals surface area contributed by atoms with Crippen LogP contribution in [0.3, 0.4) is 0 Å². The van der Waals surface area contributed by atoms with Crippen LogP contribution >= 0.6 is 0 Å². The third-order valence-corrected chi connectivity index (χ3v) is 8.62. The Hall–Kier alpha value is -5.46. The molecule has 0 fully saturated rings. The van der Waals surface area contributed by atoms with E-state index in [1.807, 2.05) is 55.2 Å². The molecule has 0 N–H and O–H groups in total. The van der Waals surface area contributed by atoms with Crippen LogP contribution in [0.5, 0.6) is 0 Å². The Morgan fingerprint density at radius 1 is 0.979 bits per heavy atom. The molecule has 0 aliphatic carbocycles. The topological polar surface area (TPSA) is 110 Å². The molecule has 0 saturated carbocycles. The first-order chi connectivity index (χ1) is 22.3. The number of fused-ring (bicyclic) bond motifs is 2. The molecule has 0 radical (unpaired) electrons. The van der Waals surface area contributed by atoms with Gasteiger partial charge in [-0.05, 0) is 51.0 Å². The first-order valence-electron chi connectivity index (χ1n) is 15.4. The van der Waals surface area contributed by atoms with Crippen molar-refractivity contribution >= 4 is 33.7 Å². The average Bonchev–Trinajstić information content (AvgIpc) is 3.79. The summed E-state index contributed by atoms with van der Waals surface area (Å²) in [7, 11) is 7.17. The van der Waals surface area contributed by atoms with E-state index < -0.39 is 11.4 Å². The third-order valence-electron chi connectivity index (χ3n) is 8.62. The minimum atomic E-state index is -0.596. The minimum Gasteiger partial charge on any atom is -0.444 e. The molecule has 6 aromatic rings. The minimum absolute atomic E-state index is 0.167. The highest BCUT2D eigenvalue weighted by Crippen LogP contribution is 2.37. The Bertz CT molecular complexity index is 2310. The van der Waals surface area contributed by atoms with Crippen molar-refractivity contribution in [2.45, 2.75) is 32.8 Å². The lowest BCUT2D eigenvalue weighted by molar-refractivity contribution is 0.0270. The number of rotatable bonds is 4. The lowest BCUT2D eigenvalue weighted by Crippen LogP contribution is -2.39. The van der Waals surface area contributed by atoms with E-state index in [1.54, 1.807) is 70.8 Å². The fourth-order valence-electron chi connectivity index (χ4n) is 6.30. The molecule has 0 bridgehead atoms. The number of carbonyl (C=O) groups is 1. The number of amides is 1. The molecule has 1 aliphatic heterocycles. The quantitative estimate of drug-likeness (QED) is 0.264. The van der Waals surface area contributed by atoms with E-state index in [0.717, 1.165) is 22.3 Å². The SMILES string of the molecule is Cn1cc(-c2cc3nc(-c4cncn4C)n(-c4cc(C5=CCN(C(=O)OC(C)(C)C)CC5)c5c(c4)n(C)c(=O)n5C)c3cc2F)cn1. The van der Waals surface area contributed by atoms with Crippen LogP contribution in [0.4, 0.5) is 9.18 Å². The smallest absolute Gasteiger partial charge is 0.410 e. The van der Waals surface area contributed by atoms with E-state index in [4.69, 9.17) is 9.72 Å². The second-order valence-corrected chi connectivity index (χ2v) is 13.1. The number of hydrogen-bond acceptors (Lipinski definition) is 6. The van der Waals surface area contributed by atoms with Gasteiger partial charge in [0, 0.05) is 70.2 Å². The first-order valence-corrected chi connectivity index (χ1v) is 15.4. The average molecular weight is 638 g/mol. The standard InChI is InChI=1S/C34H36FN9O3/c1-34(2,3)47-33(46)43-10-8-20(9-11-43)24-12-22(13-28-30(24)42(7)32(45)41(28)6)44-27-15-25(35)23(21-16-37-40(5)18-21)14-26(27)38-31(44)29-17-36-19-39(29)4/h8,12-19H,9-11H2,1-7H3. The number of carbonyl (C=O) groups excluding carboxylic acids is 1. The summed E-state index contributed by atoms with van der Waals surface area (Å²) < 4.78 is 30.2. The number of aryl methyl sites for hydroxylation is 4. The zero-order chi connectivity index (χ0) is 33.4. The molecule has 47 heavy (non-hydrogen) atoms. The second-order valence-electron chi connectivity index (χ2n) is 13.1. The van der Waals surface area contributed by atoms with Gasteiger partial charge in [0.15, 0.2) is 5.82 Å². The number of halogens is 1. The maximum atomic E-state index is 15.9. The van der Waals surface area contributed by atoms with Crippen molar-refractivity contribution < 1.29 is 13.9 Å². The number of benzene rings is 2. The van der Waals surface area contributed by atoms with Gasteiger partial charge in [0.2, 0.25) is 0 Å². The van der Waals surface area contributed by atoms with Gasteiger partial charge >= 0.3 is 11.8 Å². The molecule has 0 atom stereocenters. The van der Waals surface area contributed by atoms with Gasteiger partial charge in [0.05, 0.1) is 46.5 Å². The van der Waals surface area contributed by atoms with Crippen LogP contribution in [-0.4, -0.2) is 67.7 Å². The van der Waals surface area contributed by atoms with Crippen molar-refractivity contribution in [2.75, 3.05) is 13.1 Å². The van der Waals surface area contributed by atoms with E-state index in [9.17, 15) is 9.59 Å². The number of imidazole rings is 3. The predicted octanol–water partition coefficient (Wildman–Crippen LogP) is 5.18. The summed E-state index contributed by atoms with van der Waals surface area (Å²) in [5, 5.41) is 4.22. The maximum absolute atomic E-state index is 15.9. The fourth-order valence-corrected chi connectivity index (χ4v) is 6.30. The van der Waals surface area contributed by atoms with Gasteiger partial charge in [-0.25, -0.2) is 23.9 Å². The zero-order valence-electron chi connectivity index (χ0n) is 27.4. The number of hydrogen-bond donors (Lipinski definition) is 0. The lowest BCUT2D eigenvalue weighted by Gasteiger charge is -2.30. The summed E-state index contributed by atoms with van der Waals surface area (Å²) in [5.74, 6) is 0.163. The van der Waals surface area contributed by atoms with Crippen LogP contribution in [0.2, 0.25) is 0 Å². The molecule has 4 aromatic heterocycles. The molecule has 12 nitrogen and oxygen atoms in total. The van der Waals surface area contributed by atoms with Crippen LogP contribution in [0.1, 0.15) is 32.8 Å². The molecule has 1 aliphatic rings. The van der Waals surface area contributed by atoms with Crippen LogP contribution < -0.4 is 5.69 Å². The Morgan fingerprint density at radius 2 is 1.77 bits per heavy atom. The van der Waals surface area contributed by atoms with Crippen molar-refractivity contribution in [1.29, 1.82) is 0 Å². The molecule has 13 heteroatoms. The maximum Gasteiger partial charge on any atom is 0.410 e. The highest BCUT2D eigenvalue weighted by molar-refractivity contribution is 5.94. The van der Waals surface area contributed by atoms with Crippen molar-refractivity contribution in [3.05, 3.63) is 77.1 Å². The number of ether oxygens (including phenoxy) is 1. The summed E-state index contributed by atoms with van der Waals surface area (Å²) in [6.45, 7) is 6.37. The summed E-state index contributed by atoms with van der Waals surface area (Å²) in [4.78, 5) is 37.1. The molecule has 2 aromatic carbocycles. The Kier molecular flexibility index (Phi) is 6.95. The fraction of sp³-hybridized carbons (Fsp3) is 0.324. The zero-order valence-corrected chi connectivity index (χ0v) is 27.4. The first kappa shape index (κ1) is 30.2. The summed E-state index contributed by atoms with van der Waals surface area (Å²) in [6.07, 6.45) is 9.02. The van der Waals surface area contributed by atoms with Crippen LogP contribution in [0.25, 0.3) is 56.0 Å². The summed E-state index contributed by atoms with van der Waals surface area (Å²) >= 11 is 0. The molecule has 7 rings (SSSR count). The van der Waals surface area contributed by atoms with Gasteiger partial charge < -0.3 is 14.2 Å². The second kappa shape index (κ2) is 10.8. The van der Waals surface area contributed by atoms with Crippen molar-refractivity contribution in [3.63, 3.8) is 0 Å². The highest BCUT2D eigenvalue weighted by Gasteiger charge is 2.27. The summed E-state index contributed by atoms with van der Waals surface area (Å²) in [6, 6.07) is 7.19. The van der Waals surface area contributed by atoms with E-state index in [1.165, 1.54) is 6.07 Å². The van der Waals surface area contributed by atoms with Gasteiger partial charge in [-0.3, -0.25) is 18.4 Å². The van der Waals surface area contributed by atoms with Gasteiger partial charge in [-0.2, -0.15) is 5.10 Å². The Labute approximate surface area is 269 Å². The van der Waals surface area contributed by atoms with Crippen molar-refractivity contribution in [2.24, 2.45) is 28.2 Å². The summed E-state index contributed by atoms with van der Waals surface area (Å²) in [5.41, 5.74) is 6.21. The van der Waals surface area contributed by atoms with E-state index in [2.05, 4.69) is 10.1 Å². The van der Waals surface area contributed by atoms with Crippen LogP contribution in [0, 0.1) is 5.82 Å². The molecular formula is C34H36FN9O3. The highest BCUT2D eigenvalue weighted by atomic mass is 19.1. The molecule has 242 valence electrons. The molecular weight excluding hydrogens is 601 g/mol. The molecule has 0 spiro atoms. The van der Waals surface area contributed by atoms with Gasteiger partial charge in [-0.15, -0.1) is 0 Å². The van der Waals surface area contributed by atoms with Crippen LogP contribution in [-0.2, 0) is 32.9 Å². The molecule has 1 amide bonds.